The predicted molar refractivity (Wildman–Crippen MR) is 89.1 cm³/mol. The molecule has 0 aliphatic carbocycles. The number of aryl methyl sites for hydroxylation is 1. The number of aromatic nitrogens is 2. The molecule has 0 bridgehead atoms. The first-order chi connectivity index (χ1) is 11.6. The molecule has 0 radical (unpaired) electrons. The van der Waals surface area contributed by atoms with Crippen molar-refractivity contribution in [3.05, 3.63) is 41.4 Å². The van der Waals surface area contributed by atoms with E-state index >= 15 is 0 Å². The van der Waals surface area contributed by atoms with Gasteiger partial charge in [0.1, 0.15) is 11.9 Å². The van der Waals surface area contributed by atoms with Crippen molar-refractivity contribution in [3.8, 4) is 0 Å². The lowest BCUT2D eigenvalue weighted by molar-refractivity contribution is -0.139. The number of fused-ring (bicyclic) bond motifs is 1. The van der Waals surface area contributed by atoms with Crippen molar-refractivity contribution in [1.82, 2.24) is 20.2 Å². The minimum atomic E-state index is -0.648. The normalized spacial score (nSPS) is 17.6. The van der Waals surface area contributed by atoms with Crippen LogP contribution >= 0.6 is 0 Å². The molecule has 2 N–H and O–H groups in total. The van der Waals surface area contributed by atoms with Crippen molar-refractivity contribution in [2.75, 3.05) is 6.61 Å². The number of nitrogens with one attached hydrogen (secondary N) is 2. The van der Waals surface area contributed by atoms with Crippen LogP contribution in [0.2, 0.25) is 0 Å². The summed E-state index contributed by atoms with van der Waals surface area (Å²) in [5.41, 5.74) is 2.64. The third kappa shape index (κ3) is 2.62. The molecule has 2 aromatic rings. The smallest absolute Gasteiger partial charge is 0.338 e. The maximum absolute atomic E-state index is 12.4. The Hall–Kier alpha value is -2.83. The Kier molecular flexibility index (Phi) is 4.24. The SMILES string of the molecule is CCOC(=O)C1=C(C)NC(=O)N[C@@H]1c1nc2ccccc2n1CC. The van der Waals surface area contributed by atoms with Gasteiger partial charge in [0.2, 0.25) is 0 Å². The van der Waals surface area contributed by atoms with E-state index in [4.69, 9.17) is 4.74 Å². The highest BCUT2D eigenvalue weighted by Gasteiger charge is 2.35. The molecule has 0 fully saturated rings. The molecular weight excluding hydrogens is 308 g/mol. The number of rotatable bonds is 4. The van der Waals surface area contributed by atoms with E-state index in [0.717, 1.165) is 11.0 Å². The third-order valence-electron chi connectivity index (χ3n) is 4.02. The Morgan fingerprint density at radius 2 is 2.08 bits per heavy atom. The fraction of sp³-hybridized carbons (Fsp3) is 0.353. The summed E-state index contributed by atoms with van der Waals surface area (Å²) in [4.78, 5) is 29.0. The van der Waals surface area contributed by atoms with Crippen LogP contribution in [0, 0.1) is 0 Å². The fourth-order valence-electron chi connectivity index (χ4n) is 3.01. The molecule has 0 saturated heterocycles. The standard InChI is InChI=1S/C17H20N4O3/c1-4-21-12-9-7-6-8-11(12)19-15(21)14-13(16(22)24-5-2)10(3)18-17(23)20-14/h6-9,14H,4-5H2,1-3H3,(H2,18,20,23)/t14-/m0/s1. The highest BCUT2D eigenvalue weighted by Crippen LogP contribution is 2.29. The highest BCUT2D eigenvalue weighted by atomic mass is 16.5. The molecule has 0 spiro atoms. The van der Waals surface area contributed by atoms with Gasteiger partial charge in [-0.15, -0.1) is 0 Å². The lowest BCUT2D eigenvalue weighted by Crippen LogP contribution is -2.46. The lowest BCUT2D eigenvalue weighted by Gasteiger charge is -2.27. The van der Waals surface area contributed by atoms with Crippen LogP contribution in [-0.2, 0) is 16.1 Å². The summed E-state index contributed by atoms with van der Waals surface area (Å²) in [6.45, 7) is 6.38. The van der Waals surface area contributed by atoms with Crippen LogP contribution in [-0.4, -0.2) is 28.2 Å². The summed E-state index contributed by atoms with van der Waals surface area (Å²) >= 11 is 0. The van der Waals surface area contributed by atoms with Crippen molar-refractivity contribution in [2.45, 2.75) is 33.4 Å². The molecule has 1 aliphatic rings. The van der Waals surface area contributed by atoms with Crippen LogP contribution in [0.25, 0.3) is 11.0 Å². The second kappa shape index (κ2) is 6.35. The van der Waals surface area contributed by atoms with Crippen molar-refractivity contribution < 1.29 is 14.3 Å². The second-order valence-electron chi connectivity index (χ2n) is 5.49. The summed E-state index contributed by atoms with van der Waals surface area (Å²) in [5.74, 6) is 0.165. The molecule has 0 saturated carbocycles. The van der Waals surface area contributed by atoms with E-state index in [9.17, 15) is 9.59 Å². The minimum Gasteiger partial charge on any atom is -0.463 e. The van der Waals surface area contributed by atoms with Crippen LogP contribution < -0.4 is 10.6 Å². The first-order valence-electron chi connectivity index (χ1n) is 7.97. The summed E-state index contributed by atoms with van der Waals surface area (Å²) in [6, 6.07) is 6.72. The molecule has 1 aromatic carbocycles. The summed E-state index contributed by atoms with van der Waals surface area (Å²) < 4.78 is 7.16. The molecule has 3 rings (SSSR count). The molecular formula is C17H20N4O3. The number of urea groups is 1. The van der Waals surface area contributed by atoms with Crippen LogP contribution in [0.4, 0.5) is 4.79 Å². The molecule has 7 heteroatoms. The molecule has 24 heavy (non-hydrogen) atoms. The van der Waals surface area contributed by atoms with Gasteiger partial charge in [0.25, 0.3) is 0 Å². The molecule has 1 aromatic heterocycles. The largest absolute Gasteiger partial charge is 0.463 e. The van der Waals surface area contributed by atoms with E-state index in [1.807, 2.05) is 35.8 Å². The van der Waals surface area contributed by atoms with Crippen LogP contribution in [0.15, 0.2) is 35.5 Å². The number of imidazole rings is 1. The van der Waals surface area contributed by atoms with Crippen molar-refractivity contribution >= 4 is 23.0 Å². The zero-order chi connectivity index (χ0) is 17.3. The van der Waals surface area contributed by atoms with Crippen molar-refractivity contribution in [3.63, 3.8) is 0 Å². The monoisotopic (exact) mass is 328 g/mol. The lowest BCUT2D eigenvalue weighted by atomic mass is 10.0. The number of hydrogen-bond donors (Lipinski definition) is 2. The van der Waals surface area contributed by atoms with Gasteiger partial charge in [-0.2, -0.15) is 0 Å². The fourth-order valence-corrected chi connectivity index (χ4v) is 3.01. The van der Waals surface area contributed by atoms with E-state index in [1.54, 1.807) is 13.8 Å². The van der Waals surface area contributed by atoms with Crippen LogP contribution in [0.5, 0.6) is 0 Å². The van der Waals surface area contributed by atoms with Gasteiger partial charge in [0, 0.05) is 12.2 Å². The molecule has 2 heterocycles. The van der Waals surface area contributed by atoms with E-state index in [2.05, 4.69) is 15.6 Å². The number of para-hydroxylation sites is 2. The first-order valence-corrected chi connectivity index (χ1v) is 7.97. The number of esters is 1. The Bertz CT molecular complexity index is 837. The van der Waals surface area contributed by atoms with Gasteiger partial charge in [-0.3, -0.25) is 0 Å². The molecule has 7 nitrogen and oxygen atoms in total. The van der Waals surface area contributed by atoms with E-state index in [-0.39, 0.29) is 12.6 Å². The number of hydrogen-bond acceptors (Lipinski definition) is 4. The molecule has 0 unspecified atom stereocenters. The number of amides is 2. The summed E-state index contributed by atoms with van der Waals surface area (Å²) in [5, 5.41) is 5.43. The van der Waals surface area contributed by atoms with Gasteiger partial charge < -0.3 is 19.9 Å². The minimum absolute atomic E-state index is 0.264. The number of ether oxygens (including phenoxy) is 1. The highest BCUT2D eigenvalue weighted by molar-refractivity contribution is 5.95. The maximum atomic E-state index is 12.4. The zero-order valence-electron chi connectivity index (χ0n) is 13.9. The Morgan fingerprint density at radius 1 is 1.33 bits per heavy atom. The summed E-state index contributed by atoms with van der Waals surface area (Å²) in [6.07, 6.45) is 0. The zero-order valence-corrected chi connectivity index (χ0v) is 13.9. The average molecular weight is 328 g/mol. The van der Waals surface area contributed by atoms with Gasteiger partial charge >= 0.3 is 12.0 Å². The van der Waals surface area contributed by atoms with E-state index in [1.165, 1.54) is 0 Å². The van der Waals surface area contributed by atoms with Gasteiger partial charge in [0.05, 0.1) is 23.2 Å². The predicted octanol–water partition coefficient (Wildman–Crippen LogP) is 2.25. The average Bonchev–Trinajstić information content (AvgIpc) is 2.92. The van der Waals surface area contributed by atoms with Gasteiger partial charge in [-0.05, 0) is 32.9 Å². The Morgan fingerprint density at radius 3 is 2.79 bits per heavy atom. The number of carbonyl (C=O) groups excluding carboxylic acids is 2. The van der Waals surface area contributed by atoms with E-state index < -0.39 is 12.0 Å². The van der Waals surface area contributed by atoms with Gasteiger partial charge in [0.15, 0.2) is 0 Å². The number of allylic oxidation sites excluding steroid dienone is 1. The number of benzene rings is 1. The molecule has 1 atom stereocenters. The Balaban J connectivity index is 2.16. The van der Waals surface area contributed by atoms with E-state index in [0.29, 0.717) is 23.6 Å². The topological polar surface area (TPSA) is 85.2 Å². The molecule has 126 valence electrons. The number of carbonyl (C=O) groups is 2. The third-order valence-corrected chi connectivity index (χ3v) is 4.02. The first kappa shape index (κ1) is 16.0. The Labute approximate surface area is 139 Å². The van der Waals surface area contributed by atoms with Gasteiger partial charge in [-0.1, -0.05) is 12.1 Å². The molecule has 1 aliphatic heterocycles. The summed E-state index contributed by atoms with van der Waals surface area (Å²) in [7, 11) is 0. The quantitative estimate of drug-likeness (QED) is 0.843. The number of nitrogens with zero attached hydrogens (tertiary/aromatic N) is 2. The van der Waals surface area contributed by atoms with Crippen molar-refractivity contribution in [2.24, 2.45) is 0 Å². The second-order valence-corrected chi connectivity index (χ2v) is 5.49. The van der Waals surface area contributed by atoms with Crippen LogP contribution in [0.1, 0.15) is 32.6 Å². The van der Waals surface area contributed by atoms with Gasteiger partial charge in [-0.25, -0.2) is 14.6 Å². The maximum Gasteiger partial charge on any atom is 0.338 e. The molecule has 2 amide bonds. The van der Waals surface area contributed by atoms with Crippen molar-refractivity contribution in [1.29, 1.82) is 0 Å². The van der Waals surface area contributed by atoms with Crippen LogP contribution in [0.3, 0.4) is 0 Å².